The number of esters is 1. The second kappa shape index (κ2) is 10.6. The van der Waals surface area contributed by atoms with E-state index in [-0.39, 0.29) is 5.97 Å². The molecule has 0 saturated heterocycles. The van der Waals surface area contributed by atoms with Gasteiger partial charge in [0.15, 0.2) is 12.4 Å². The number of ether oxygens (including phenoxy) is 2. The van der Waals surface area contributed by atoms with Crippen molar-refractivity contribution >= 4 is 16.9 Å². The molecule has 2 aromatic heterocycles. The van der Waals surface area contributed by atoms with Crippen LogP contribution in [0.2, 0.25) is 0 Å². The van der Waals surface area contributed by atoms with Crippen LogP contribution in [0.5, 0.6) is 5.75 Å². The molecule has 0 N–H and O–H groups in total. The molecule has 4 rings (SSSR count). The fourth-order valence-electron chi connectivity index (χ4n) is 3.72. The molecule has 0 fully saturated rings. The van der Waals surface area contributed by atoms with Crippen LogP contribution in [0.1, 0.15) is 35.2 Å². The van der Waals surface area contributed by atoms with Crippen molar-refractivity contribution in [1.82, 2.24) is 4.57 Å². The molecule has 0 radical (unpaired) electrons. The van der Waals surface area contributed by atoms with E-state index in [1.165, 1.54) is 10.9 Å². The van der Waals surface area contributed by atoms with Gasteiger partial charge < -0.3 is 14.0 Å². The van der Waals surface area contributed by atoms with Gasteiger partial charge in [-0.15, -0.1) is 0 Å². The highest BCUT2D eigenvalue weighted by atomic mass is 16.5. The van der Waals surface area contributed by atoms with Crippen molar-refractivity contribution < 1.29 is 18.8 Å². The van der Waals surface area contributed by atoms with Crippen LogP contribution in [-0.2, 0) is 24.9 Å². The first kappa shape index (κ1) is 21.6. The van der Waals surface area contributed by atoms with Gasteiger partial charge >= 0.3 is 5.97 Å². The summed E-state index contributed by atoms with van der Waals surface area (Å²) < 4.78 is 15.4. The molecule has 0 unspecified atom stereocenters. The summed E-state index contributed by atoms with van der Waals surface area (Å²) >= 11 is 0. The molecule has 0 bridgehead atoms. The minimum atomic E-state index is -0.261. The summed E-state index contributed by atoms with van der Waals surface area (Å²) in [5.74, 6) is 0.621. The number of hydrogen-bond donors (Lipinski definition) is 0. The molecule has 5 heteroatoms. The largest absolute Gasteiger partial charge is 0.489 e. The van der Waals surface area contributed by atoms with E-state index in [1.54, 1.807) is 12.3 Å². The van der Waals surface area contributed by atoms with E-state index in [4.69, 9.17) is 9.47 Å². The Morgan fingerprint density at radius 1 is 0.969 bits per heavy atom. The smallest absolute Gasteiger partial charge is 0.344 e. The quantitative estimate of drug-likeness (QED) is 0.201. The highest BCUT2D eigenvalue weighted by molar-refractivity contribution is 5.88. The molecule has 0 aliphatic carbocycles. The average molecular weight is 430 g/mol. The zero-order chi connectivity index (χ0) is 22.2. The van der Waals surface area contributed by atoms with Gasteiger partial charge in [-0.05, 0) is 55.2 Å². The van der Waals surface area contributed by atoms with Crippen LogP contribution in [0.15, 0.2) is 85.3 Å². The second-order valence-corrected chi connectivity index (χ2v) is 7.96. The predicted octanol–water partition coefficient (Wildman–Crippen LogP) is 5.07. The molecule has 0 aliphatic rings. The van der Waals surface area contributed by atoms with E-state index in [2.05, 4.69) is 41.1 Å². The van der Waals surface area contributed by atoms with Crippen LogP contribution in [-0.4, -0.2) is 17.1 Å². The van der Waals surface area contributed by atoms with Crippen LogP contribution in [0.4, 0.5) is 0 Å². The van der Waals surface area contributed by atoms with Gasteiger partial charge in [-0.1, -0.05) is 30.3 Å². The zero-order valence-corrected chi connectivity index (χ0v) is 18.4. The lowest BCUT2D eigenvalue weighted by Crippen LogP contribution is -2.28. The first-order valence-corrected chi connectivity index (χ1v) is 11.1. The van der Waals surface area contributed by atoms with Crippen molar-refractivity contribution in [2.45, 2.75) is 32.4 Å². The molecule has 5 nitrogen and oxygen atoms in total. The molecule has 2 aromatic carbocycles. The third-order valence-corrected chi connectivity index (χ3v) is 5.44. The normalized spacial score (nSPS) is 10.9. The third-order valence-electron chi connectivity index (χ3n) is 5.44. The van der Waals surface area contributed by atoms with Crippen molar-refractivity contribution in [2.24, 2.45) is 7.05 Å². The van der Waals surface area contributed by atoms with Crippen molar-refractivity contribution in [3.63, 3.8) is 0 Å². The maximum atomic E-state index is 12.1. The highest BCUT2D eigenvalue weighted by Gasteiger charge is 2.10. The number of hydrogen-bond acceptors (Lipinski definition) is 3. The lowest BCUT2D eigenvalue weighted by atomic mass is 10.2. The fourth-order valence-corrected chi connectivity index (χ4v) is 3.72. The van der Waals surface area contributed by atoms with Crippen LogP contribution < -0.4 is 9.30 Å². The molecule has 32 heavy (non-hydrogen) atoms. The van der Waals surface area contributed by atoms with Gasteiger partial charge in [-0.25, -0.2) is 9.36 Å². The Morgan fingerprint density at radius 2 is 1.84 bits per heavy atom. The number of unbranched alkanes of at least 4 members (excludes halogenated alkanes) is 2. The molecular formula is C27H29N2O3+. The van der Waals surface area contributed by atoms with Gasteiger partial charge in [0.2, 0.25) is 0 Å². The Hall–Kier alpha value is -3.60. The zero-order valence-electron chi connectivity index (χ0n) is 18.4. The number of nitrogens with zero attached hydrogens (tertiary/aromatic N) is 2. The maximum Gasteiger partial charge on any atom is 0.344 e. The molecule has 0 aliphatic heterocycles. The molecule has 0 atom stereocenters. The minimum Gasteiger partial charge on any atom is -0.489 e. The van der Waals surface area contributed by atoms with Gasteiger partial charge in [0.25, 0.3) is 0 Å². The van der Waals surface area contributed by atoms with Crippen molar-refractivity contribution in [1.29, 1.82) is 0 Å². The van der Waals surface area contributed by atoms with E-state index < -0.39 is 0 Å². The summed E-state index contributed by atoms with van der Waals surface area (Å²) in [5.41, 5.74) is 2.95. The van der Waals surface area contributed by atoms with Gasteiger partial charge in [-0.3, -0.25) is 0 Å². The monoisotopic (exact) mass is 429 g/mol. The van der Waals surface area contributed by atoms with Crippen LogP contribution >= 0.6 is 0 Å². The van der Waals surface area contributed by atoms with Crippen LogP contribution in [0.25, 0.3) is 10.9 Å². The number of carbonyl (C=O) groups is 1. The summed E-state index contributed by atoms with van der Waals surface area (Å²) in [6.07, 6.45) is 8.70. The van der Waals surface area contributed by atoms with Gasteiger partial charge in [0.05, 0.1) is 6.61 Å². The lowest BCUT2D eigenvalue weighted by molar-refractivity contribution is -0.671. The number of aryl methyl sites for hydroxylation is 2. The predicted molar refractivity (Wildman–Crippen MR) is 124 cm³/mol. The highest BCUT2D eigenvalue weighted by Crippen LogP contribution is 2.23. The summed E-state index contributed by atoms with van der Waals surface area (Å²) in [6, 6.07) is 22.2. The Labute approximate surface area is 188 Å². The van der Waals surface area contributed by atoms with Crippen molar-refractivity contribution in [2.75, 3.05) is 6.61 Å². The van der Waals surface area contributed by atoms with E-state index >= 15 is 0 Å². The molecular weight excluding hydrogens is 400 g/mol. The number of pyridine rings is 1. The number of aromatic nitrogens is 2. The average Bonchev–Trinajstić information content (AvgIpc) is 3.22. The van der Waals surface area contributed by atoms with E-state index in [0.29, 0.717) is 18.8 Å². The molecule has 0 spiro atoms. The first-order chi connectivity index (χ1) is 15.7. The standard InChI is InChI=1S/C27H29N2O3/c1-28-15-8-11-24(20-28)27(30)31-18-7-3-6-16-29-17-14-23-19-25(12-13-26(23)29)32-21-22-9-4-2-5-10-22/h2,4-5,8-15,17,19-20H,3,6-7,16,18,21H2,1H3/q+1. The topological polar surface area (TPSA) is 44.3 Å². The van der Waals surface area contributed by atoms with E-state index in [9.17, 15) is 4.79 Å². The van der Waals surface area contributed by atoms with Crippen LogP contribution in [0, 0.1) is 0 Å². The first-order valence-electron chi connectivity index (χ1n) is 11.1. The molecule has 0 amide bonds. The van der Waals surface area contributed by atoms with Crippen molar-refractivity contribution in [3.8, 4) is 5.75 Å². The molecule has 0 saturated carbocycles. The summed E-state index contributed by atoms with van der Waals surface area (Å²) in [4.78, 5) is 12.1. The summed E-state index contributed by atoms with van der Waals surface area (Å²) in [5, 5.41) is 1.18. The van der Waals surface area contributed by atoms with Crippen LogP contribution in [0.3, 0.4) is 0 Å². The van der Waals surface area contributed by atoms with Gasteiger partial charge in [-0.2, -0.15) is 0 Å². The van der Waals surface area contributed by atoms with E-state index in [1.807, 2.05) is 48.1 Å². The SMILES string of the molecule is C[n+]1cccc(C(=O)OCCCCCn2ccc3cc(OCc4ccccc4)ccc32)c1. The molecule has 2 heterocycles. The summed E-state index contributed by atoms with van der Waals surface area (Å²) in [7, 11) is 1.89. The minimum absolute atomic E-state index is 0.261. The van der Waals surface area contributed by atoms with E-state index in [0.717, 1.165) is 37.1 Å². The fraction of sp³-hybridized carbons (Fsp3) is 0.259. The van der Waals surface area contributed by atoms with Crippen molar-refractivity contribution in [3.05, 3.63) is 96.4 Å². The maximum absolute atomic E-state index is 12.1. The summed E-state index contributed by atoms with van der Waals surface area (Å²) in [6.45, 7) is 1.96. The van der Waals surface area contributed by atoms with Gasteiger partial charge in [0.1, 0.15) is 25.0 Å². The number of fused-ring (bicyclic) bond motifs is 1. The Bertz CT molecular complexity index is 1170. The number of rotatable bonds is 10. The second-order valence-electron chi connectivity index (χ2n) is 7.96. The number of carbonyl (C=O) groups excluding carboxylic acids is 1. The third kappa shape index (κ3) is 5.76. The Kier molecular flexibility index (Phi) is 7.18. The Balaban J connectivity index is 1.20. The lowest BCUT2D eigenvalue weighted by Gasteiger charge is -2.08. The van der Waals surface area contributed by atoms with Gasteiger partial charge in [0, 0.05) is 29.7 Å². The molecule has 4 aromatic rings. The number of benzene rings is 2. The molecule has 164 valence electrons. The Morgan fingerprint density at radius 3 is 2.69 bits per heavy atom.